The highest BCUT2D eigenvalue weighted by Gasteiger charge is 2.48. The molecule has 1 saturated heterocycles. The van der Waals surface area contributed by atoms with E-state index in [2.05, 4.69) is 0 Å². The second kappa shape index (κ2) is 29.2. The van der Waals surface area contributed by atoms with Crippen LogP contribution in [0.5, 0.6) is 0 Å². The van der Waals surface area contributed by atoms with Gasteiger partial charge in [-0.05, 0) is 6.42 Å². The monoisotopic (exact) mass is 976 g/mol. The molecule has 0 saturated carbocycles. The molecular weight excluding hydrogens is 912 g/mol. The Morgan fingerprint density at radius 3 is 1.39 bits per heavy atom. The van der Waals surface area contributed by atoms with Crippen molar-refractivity contribution >= 4 is 0 Å². The van der Waals surface area contributed by atoms with E-state index >= 15 is 0 Å². The Balaban J connectivity index is 2.67. The van der Waals surface area contributed by atoms with E-state index in [-0.39, 0.29) is 0 Å². The third-order valence-corrected chi connectivity index (χ3v) is 9.94. The predicted octanol–water partition coefficient (Wildman–Crippen LogP) is -8.27. The van der Waals surface area contributed by atoms with Crippen LogP contribution in [0.15, 0.2) is 34.6 Å². The van der Waals surface area contributed by atoms with Gasteiger partial charge in [-0.25, -0.2) is 0 Å². The molecule has 3 aliphatic rings. The fourth-order valence-corrected chi connectivity index (χ4v) is 6.21. The largest absolute Gasteiger partial charge is 0.506 e. The number of rotatable bonds is 11. The normalized spacial score (nSPS) is 42.1. The van der Waals surface area contributed by atoms with Gasteiger partial charge in [0.1, 0.15) is 73.8 Å². The highest BCUT2D eigenvalue weighted by Crippen LogP contribution is 2.30. The van der Waals surface area contributed by atoms with Crippen LogP contribution in [0.1, 0.15) is 32.1 Å². The molecule has 3 aliphatic heterocycles. The first-order valence-corrected chi connectivity index (χ1v) is 20.2. The first kappa shape index (κ1) is 59.2. The van der Waals surface area contributed by atoms with E-state index in [9.17, 15) is 112 Å². The van der Waals surface area contributed by atoms with E-state index in [0.29, 0.717) is 0 Å². The van der Waals surface area contributed by atoms with Gasteiger partial charge in [0.15, 0.2) is 47.7 Å². The first-order valence-electron chi connectivity index (χ1n) is 20.2. The lowest BCUT2D eigenvalue weighted by Gasteiger charge is -2.43. The Hall–Kier alpha value is -2.94. The standard InChI is InChI=1S/C36H64O30/c37-5-1-15-22(46)19(11-42)66-65-13(10-41)9-14(44)21(45)32(55)60-16(2-6-38)24(48)29(53)35(58)64-31-20(12-43)63-36(30(54)26(31)50)62-18(4-8-40)25(49)28(52)34(57)61-17(3-7-39)23(47)27(51)33(56)59-15/h13-18,20-21,23,26-27,30-58H,1-12H2/b22-19+,28-25-,29-24-. The molecule has 388 valence electrons. The van der Waals surface area contributed by atoms with E-state index < -0.39 is 224 Å². The van der Waals surface area contributed by atoms with Crippen molar-refractivity contribution in [2.75, 3.05) is 46.2 Å². The van der Waals surface area contributed by atoms with Crippen molar-refractivity contribution in [3.8, 4) is 0 Å². The van der Waals surface area contributed by atoms with Gasteiger partial charge in [0.2, 0.25) is 18.3 Å². The third kappa shape index (κ3) is 16.4. The second-order valence-corrected chi connectivity index (χ2v) is 14.7. The minimum Gasteiger partial charge on any atom is -0.506 e. The zero-order valence-electron chi connectivity index (χ0n) is 35.0. The summed E-state index contributed by atoms with van der Waals surface area (Å²) in [5.74, 6) is -7.92. The summed E-state index contributed by atoms with van der Waals surface area (Å²) in [4.78, 5) is 9.79. The molecule has 30 nitrogen and oxygen atoms in total. The van der Waals surface area contributed by atoms with Crippen molar-refractivity contribution in [2.24, 2.45) is 0 Å². The lowest BCUT2D eigenvalue weighted by molar-refractivity contribution is -0.329. The van der Waals surface area contributed by atoms with Gasteiger partial charge in [0, 0.05) is 52.1 Å². The Labute approximate surface area is 374 Å². The van der Waals surface area contributed by atoms with Crippen molar-refractivity contribution in [1.29, 1.82) is 0 Å². The molecule has 3 rings (SSSR count). The SMILES string of the molecule is OCCC1OC(O)C(O)C(O)CC(CO)OO/C(CO)=C(/O)C(CCO)OC(O)C(O)C(O)C(CCO)OC(O)/C(O)=C(/O)C(CCO)OC2OC(CO)C(OC(O)/C(O)=C\1O)C(O)C2O. The number of ether oxygens (including phenoxy) is 6. The Morgan fingerprint density at radius 2 is 0.909 bits per heavy atom. The van der Waals surface area contributed by atoms with E-state index in [0.717, 1.165) is 0 Å². The molecule has 0 aromatic carbocycles. The molecule has 1 fully saturated rings. The lowest BCUT2D eigenvalue weighted by atomic mass is 9.98. The molecule has 18 unspecified atom stereocenters. The van der Waals surface area contributed by atoms with E-state index in [4.69, 9.17) is 38.2 Å². The Kier molecular flexibility index (Phi) is 26.2. The molecule has 0 aliphatic carbocycles. The summed E-state index contributed by atoms with van der Waals surface area (Å²) < 4.78 is 31.4. The maximum atomic E-state index is 10.9. The van der Waals surface area contributed by atoms with Gasteiger partial charge in [0.05, 0.1) is 25.4 Å². The lowest BCUT2D eigenvalue weighted by Crippen LogP contribution is -2.61. The van der Waals surface area contributed by atoms with Crippen LogP contribution in [0.4, 0.5) is 0 Å². The summed E-state index contributed by atoms with van der Waals surface area (Å²) in [7, 11) is 0. The number of aliphatic hydroxyl groups excluding tert-OH is 22. The number of hydrogen-bond donors (Lipinski definition) is 22. The van der Waals surface area contributed by atoms with Gasteiger partial charge in [-0.1, -0.05) is 0 Å². The van der Waals surface area contributed by atoms with Gasteiger partial charge in [-0.15, -0.1) is 0 Å². The van der Waals surface area contributed by atoms with E-state index in [1.165, 1.54) is 0 Å². The molecule has 22 N–H and O–H groups in total. The average molecular weight is 977 g/mol. The van der Waals surface area contributed by atoms with Crippen LogP contribution < -0.4 is 0 Å². The summed E-state index contributed by atoms with van der Waals surface area (Å²) in [6.07, 6.45) is -43.7. The van der Waals surface area contributed by atoms with Crippen LogP contribution >= 0.6 is 0 Å². The van der Waals surface area contributed by atoms with Crippen LogP contribution in [0.3, 0.4) is 0 Å². The van der Waals surface area contributed by atoms with Gasteiger partial charge < -0.3 is 146 Å². The van der Waals surface area contributed by atoms with Crippen molar-refractivity contribution in [2.45, 2.75) is 143 Å². The third-order valence-electron chi connectivity index (χ3n) is 9.94. The quantitative estimate of drug-likeness (QED) is 0.0855. The number of hydrogen-bond acceptors (Lipinski definition) is 30. The van der Waals surface area contributed by atoms with Gasteiger partial charge in [0.25, 0.3) is 0 Å². The molecule has 18 atom stereocenters. The second-order valence-electron chi connectivity index (χ2n) is 14.7. The number of aliphatic hydroxyl groups is 22. The van der Waals surface area contributed by atoms with Crippen molar-refractivity contribution in [3.63, 3.8) is 0 Å². The topological polar surface area (TPSA) is 519 Å². The summed E-state index contributed by atoms with van der Waals surface area (Å²) in [5, 5.41) is 229. The van der Waals surface area contributed by atoms with Crippen LogP contribution in [0.2, 0.25) is 0 Å². The smallest absolute Gasteiger partial charge is 0.218 e. The van der Waals surface area contributed by atoms with Crippen molar-refractivity contribution in [1.82, 2.24) is 0 Å². The highest BCUT2D eigenvalue weighted by molar-refractivity contribution is 5.10. The van der Waals surface area contributed by atoms with E-state index in [1.54, 1.807) is 0 Å². The summed E-state index contributed by atoms with van der Waals surface area (Å²) in [6.45, 7) is -6.85. The minimum atomic E-state index is -2.70. The van der Waals surface area contributed by atoms with Crippen molar-refractivity contribution in [3.05, 3.63) is 34.6 Å². The van der Waals surface area contributed by atoms with Crippen LogP contribution in [-0.4, -0.2) is 269 Å². The molecule has 30 heteroatoms. The fourth-order valence-electron chi connectivity index (χ4n) is 6.21. The van der Waals surface area contributed by atoms with Crippen LogP contribution in [-0.2, 0) is 38.2 Å². The zero-order chi connectivity index (χ0) is 50.0. The predicted molar refractivity (Wildman–Crippen MR) is 206 cm³/mol. The summed E-state index contributed by atoms with van der Waals surface area (Å²) in [6, 6.07) is 0. The minimum absolute atomic E-state index is 0.649. The fraction of sp³-hybridized carbons (Fsp3) is 0.833. The summed E-state index contributed by atoms with van der Waals surface area (Å²) in [5.41, 5.74) is 0. The molecule has 0 amide bonds. The molecule has 3 heterocycles. The zero-order valence-corrected chi connectivity index (χ0v) is 35.0. The maximum absolute atomic E-state index is 10.9. The molecule has 0 aromatic heterocycles. The molecule has 66 heavy (non-hydrogen) atoms. The molecule has 2 bridgehead atoms. The molecular formula is C36H64O30. The van der Waals surface area contributed by atoms with Crippen molar-refractivity contribution < 1.29 is 151 Å². The van der Waals surface area contributed by atoms with Crippen LogP contribution in [0, 0.1) is 0 Å². The highest BCUT2D eigenvalue weighted by atomic mass is 17.2. The average Bonchev–Trinajstić information content (AvgIpc) is 3.30. The first-order chi connectivity index (χ1) is 31.2. The van der Waals surface area contributed by atoms with Crippen LogP contribution in [0.25, 0.3) is 0 Å². The van der Waals surface area contributed by atoms with Gasteiger partial charge in [-0.3, -0.25) is 0 Å². The summed E-state index contributed by atoms with van der Waals surface area (Å²) >= 11 is 0. The molecule has 0 aromatic rings. The molecule has 0 spiro atoms. The van der Waals surface area contributed by atoms with E-state index in [1.807, 2.05) is 0 Å². The molecule has 0 radical (unpaired) electrons. The van der Waals surface area contributed by atoms with Gasteiger partial charge >= 0.3 is 0 Å². The Morgan fingerprint density at radius 1 is 0.424 bits per heavy atom. The Bertz CT molecular complexity index is 1480. The number of fused-ring (bicyclic) bond motifs is 25. The maximum Gasteiger partial charge on any atom is 0.218 e. The van der Waals surface area contributed by atoms with Gasteiger partial charge in [-0.2, -0.15) is 4.89 Å².